The van der Waals surface area contributed by atoms with Crippen LogP contribution in [0, 0.1) is 0 Å². The van der Waals surface area contributed by atoms with Gasteiger partial charge in [-0.25, -0.2) is 4.39 Å². The van der Waals surface area contributed by atoms with Crippen molar-refractivity contribution in [2.24, 2.45) is 7.05 Å². The molecule has 5 rings (SSSR count). The van der Waals surface area contributed by atoms with Crippen molar-refractivity contribution < 1.29 is 13.9 Å². The minimum absolute atomic E-state index is 0.158. The fourth-order valence-electron chi connectivity index (χ4n) is 4.66. The number of benzene rings is 2. The molecule has 34 heavy (non-hydrogen) atoms. The van der Waals surface area contributed by atoms with Gasteiger partial charge in [0.15, 0.2) is 5.82 Å². The van der Waals surface area contributed by atoms with Crippen molar-refractivity contribution in [1.82, 2.24) is 25.4 Å². The molecule has 1 saturated heterocycles. The Morgan fingerprint density at radius 1 is 1.24 bits per heavy atom. The Kier molecular flexibility index (Phi) is 6.55. The van der Waals surface area contributed by atoms with E-state index >= 15 is 0 Å². The number of nitrogens with zero attached hydrogens (tertiary/aromatic N) is 3. The third kappa shape index (κ3) is 4.67. The highest BCUT2D eigenvalue weighted by atomic mass is 19.1. The Morgan fingerprint density at radius 2 is 2.12 bits per heavy atom. The second kappa shape index (κ2) is 9.90. The van der Waals surface area contributed by atoms with E-state index in [1.54, 1.807) is 6.07 Å². The highest BCUT2D eigenvalue weighted by Gasteiger charge is 2.30. The number of halogens is 1. The Balaban J connectivity index is 1.24. The second-order valence-corrected chi connectivity index (χ2v) is 8.82. The minimum atomic E-state index is -0.964. The highest BCUT2D eigenvalue weighted by Crippen LogP contribution is 2.27. The zero-order valence-electron chi connectivity index (χ0n) is 19.1. The Morgan fingerprint density at radius 3 is 3.00 bits per heavy atom. The number of hydrogen-bond donors (Lipinski definition) is 3. The molecule has 1 aromatic heterocycles. The van der Waals surface area contributed by atoms with Gasteiger partial charge in [-0.2, -0.15) is 0 Å². The molecule has 178 valence electrons. The van der Waals surface area contributed by atoms with Gasteiger partial charge >= 0.3 is 0 Å². The van der Waals surface area contributed by atoms with Crippen LogP contribution in [0.1, 0.15) is 51.5 Å². The average Bonchev–Trinajstić information content (AvgIpc) is 3.23. The summed E-state index contributed by atoms with van der Waals surface area (Å²) in [4.78, 5) is 13.0. The number of anilines is 1. The van der Waals surface area contributed by atoms with Crippen molar-refractivity contribution in [3.63, 3.8) is 0 Å². The van der Waals surface area contributed by atoms with Crippen molar-refractivity contribution in [1.29, 1.82) is 0 Å². The molecule has 2 aromatic carbocycles. The van der Waals surface area contributed by atoms with Crippen LogP contribution in [0.3, 0.4) is 0 Å². The summed E-state index contributed by atoms with van der Waals surface area (Å²) in [7, 11) is 1.87. The summed E-state index contributed by atoms with van der Waals surface area (Å²) in [5, 5.41) is 18.0. The number of carbonyl (C=O) groups excluding carboxylic acids is 1. The number of aromatic nitrogens is 3. The normalized spacial score (nSPS) is 22.1. The van der Waals surface area contributed by atoms with Gasteiger partial charge in [-0.1, -0.05) is 30.3 Å². The van der Waals surface area contributed by atoms with Gasteiger partial charge in [-0.3, -0.25) is 4.79 Å². The van der Waals surface area contributed by atoms with Gasteiger partial charge in [0.05, 0.1) is 31.7 Å². The molecule has 1 amide bonds. The predicted octanol–water partition coefficient (Wildman–Crippen LogP) is 2.84. The summed E-state index contributed by atoms with van der Waals surface area (Å²) in [6.07, 6.45) is -0.261. The number of hydrogen-bond acceptors (Lipinski definition) is 6. The van der Waals surface area contributed by atoms with Crippen molar-refractivity contribution in [3.05, 3.63) is 76.9 Å². The lowest BCUT2D eigenvalue weighted by Gasteiger charge is -2.26. The van der Waals surface area contributed by atoms with Crippen molar-refractivity contribution in [2.75, 3.05) is 25.0 Å². The average molecular weight is 465 g/mol. The Bertz CT molecular complexity index is 1170. The standard InChI is InChI=1S/C25H29FN6O2/c1-32-23(30-31-24(32)20-9-10-27-12-21(20)26)13-28-18-7-4-6-16(11-18)25(33)29-22-15-34-14-17-5-2-3-8-19(17)22/h2-8,11,20-22,27-28H,9-10,12-15H2,1H3,(H,29,33)/t20?,21?,22-/m1/s1. The molecule has 0 spiro atoms. The fraction of sp³-hybridized carbons (Fsp3) is 0.400. The third-order valence-electron chi connectivity index (χ3n) is 6.59. The van der Waals surface area contributed by atoms with Crippen LogP contribution in [0.2, 0.25) is 0 Å². The summed E-state index contributed by atoms with van der Waals surface area (Å²) < 4.78 is 21.9. The molecule has 2 aliphatic rings. The van der Waals surface area contributed by atoms with Gasteiger partial charge in [-0.15, -0.1) is 10.2 Å². The summed E-state index contributed by atoms with van der Waals surface area (Å²) in [5.41, 5.74) is 3.55. The first-order chi connectivity index (χ1) is 16.6. The predicted molar refractivity (Wildman–Crippen MR) is 126 cm³/mol. The summed E-state index contributed by atoms with van der Waals surface area (Å²) in [6.45, 7) is 2.55. The molecule has 0 aliphatic carbocycles. The van der Waals surface area contributed by atoms with E-state index in [-0.39, 0.29) is 17.9 Å². The van der Waals surface area contributed by atoms with Gasteiger partial charge in [0.1, 0.15) is 12.0 Å². The SMILES string of the molecule is Cn1c(CNc2cccc(C(=O)N[C@@H]3COCc4ccccc43)c2)nnc1C1CCNCC1F. The van der Waals surface area contributed by atoms with E-state index in [2.05, 4.69) is 26.1 Å². The number of nitrogens with one attached hydrogen (secondary N) is 3. The van der Waals surface area contributed by atoms with Crippen LogP contribution in [0.5, 0.6) is 0 Å². The molecule has 1 fully saturated rings. The molecule has 0 saturated carbocycles. The topological polar surface area (TPSA) is 93.1 Å². The first kappa shape index (κ1) is 22.5. The fourth-order valence-corrected chi connectivity index (χ4v) is 4.66. The number of alkyl halides is 1. The van der Waals surface area contributed by atoms with Crippen LogP contribution in [-0.2, 0) is 24.9 Å². The van der Waals surface area contributed by atoms with Gasteiger partial charge < -0.3 is 25.3 Å². The molecular formula is C25H29FN6O2. The zero-order valence-corrected chi connectivity index (χ0v) is 19.1. The summed E-state index contributed by atoms with van der Waals surface area (Å²) >= 11 is 0. The maximum Gasteiger partial charge on any atom is 0.251 e. The van der Waals surface area contributed by atoms with E-state index in [4.69, 9.17) is 4.74 Å². The van der Waals surface area contributed by atoms with E-state index in [0.717, 1.165) is 23.4 Å². The number of amides is 1. The van der Waals surface area contributed by atoms with Crippen LogP contribution >= 0.6 is 0 Å². The largest absolute Gasteiger partial charge is 0.378 e. The Labute approximate surface area is 197 Å². The van der Waals surface area contributed by atoms with E-state index < -0.39 is 6.17 Å². The van der Waals surface area contributed by atoms with E-state index in [1.165, 1.54) is 0 Å². The molecule has 3 N–H and O–H groups in total. The first-order valence-electron chi connectivity index (χ1n) is 11.6. The summed E-state index contributed by atoms with van der Waals surface area (Å²) in [5.74, 6) is 0.990. The lowest BCUT2D eigenvalue weighted by Crippen LogP contribution is -2.37. The lowest BCUT2D eigenvalue weighted by atomic mass is 9.95. The van der Waals surface area contributed by atoms with Crippen molar-refractivity contribution in [3.8, 4) is 0 Å². The molecule has 3 heterocycles. The molecule has 3 aromatic rings. The van der Waals surface area contributed by atoms with Crippen molar-refractivity contribution in [2.45, 2.75) is 37.7 Å². The maximum atomic E-state index is 14.3. The van der Waals surface area contributed by atoms with Gasteiger partial charge in [0.25, 0.3) is 5.91 Å². The van der Waals surface area contributed by atoms with Gasteiger partial charge in [-0.05, 0) is 42.3 Å². The molecule has 2 aliphatic heterocycles. The molecular weight excluding hydrogens is 435 g/mol. The van der Waals surface area contributed by atoms with Crippen molar-refractivity contribution >= 4 is 11.6 Å². The third-order valence-corrected chi connectivity index (χ3v) is 6.59. The molecule has 0 radical (unpaired) electrons. The second-order valence-electron chi connectivity index (χ2n) is 8.82. The first-order valence-corrected chi connectivity index (χ1v) is 11.6. The Hall–Kier alpha value is -3.30. The smallest absolute Gasteiger partial charge is 0.251 e. The number of rotatable bonds is 6. The molecule has 2 unspecified atom stereocenters. The van der Waals surface area contributed by atoms with Crippen LogP contribution in [0.4, 0.5) is 10.1 Å². The van der Waals surface area contributed by atoms with E-state index in [9.17, 15) is 9.18 Å². The maximum absolute atomic E-state index is 14.3. The molecule has 3 atom stereocenters. The zero-order chi connectivity index (χ0) is 23.5. The van der Waals surface area contributed by atoms with Crippen LogP contribution in [0.25, 0.3) is 0 Å². The monoisotopic (exact) mass is 464 g/mol. The quantitative estimate of drug-likeness (QED) is 0.520. The number of fused-ring (bicyclic) bond motifs is 1. The highest BCUT2D eigenvalue weighted by molar-refractivity contribution is 5.95. The summed E-state index contributed by atoms with van der Waals surface area (Å²) in [6, 6.07) is 15.2. The minimum Gasteiger partial charge on any atom is -0.378 e. The van der Waals surface area contributed by atoms with Gasteiger partial charge in [0, 0.05) is 24.8 Å². The van der Waals surface area contributed by atoms with Gasteiger partial charge in [0.2, 0.25) is 0 Å². The molecule has 0 bridgehead atoms. The van der Waals surface area contributed by atoms with E-state index in [0.29, 0.717) is 49.9 Å². The molecule has 9 heteroatoms. The molecule has 8 nitrogen and oxygen atoms in total. The van der Waals surface area contributed by atoms with E-state index in [1.807, 2.05) is 54.1 Å². The lowest BCUT2D eigenvalue weighted by molar-refractivity contribution is 0.0708. The van der Waals surface area contributed by atoms with Crippen LogP contribution < -0.4 is 16.0 Å². The number of piperidine rings is 1. The number of carbonyl (C=O) groups is 1. The van der Waals surface area contributed by atoms with Crippen LogP contribution in [-0.4, -0.2) is 46.5 Å². The number of ether oxygens (including phenoxy) is 1. The van der Waals surface area contributed by atoms with Crippen LogP contribution in [0.15, 0.2) is 48.5 Å².